The number of nitrogens with zero attached hydrogens (tertiary/aromatic N) is 1. The van der Waals surface area contributed by atoms with Gasteiger partial charge in [-0.05, 0) is 62.8 Å². The zero-order valence-corrected chi connectivity index (χ0v) is 13.0. The van der Waals surface area contributed by atoms with Gasteiger partial charge >= 0.3 is 0 Å². The molecule has 2 nitrogen and oxygen atoms in total. The molecular formula is C16H26N2S. The Balaban J connectivity index is 1.97. The summed E-state index contributed by atoms with van der Waals surface area (Å²) in [7, 11) is 0. The van der Waals surface area contributed by atoms with Crippen LogP contribution in [0.5, 0.6) is 0 Å². The van der Waals surface area contributed by atoms with E-state index in [-0.39, 0.29) is 0 Å². The zero-order chi connectivity index (χ0) is 13.5. The molecule has 0 bridgehead atoms. The summed E-state index contributed by atoms with van der Waals surface area (Å²) < 4.78 is 0. The molecule has 0 aromatic heterocycles. The molecule has 1 fully saturated rings. The van der Waals surface area contributed by atoms with Gasteiger partial charge in [-0.2, -0.15) is 0 Å². The molecule has 1 aliphatic heterocycles. The maximum atomic E-state index is 3.46. The molecule has 0 aliphatic carbocycles. The average Bonchev–Trinajstić information content (AvgIpc) is 2.48. The molecule has 1 aromatic rings. The fraction of sp³-hybridized carbons (Fsp3) is 0.625. The topological polar surface area (TPSA) is 15.3 Å². The van der Waals surface area contributed by atoms with Crippen molar-refractivity contribution in [2.45, 2.75) is 43.7 Å². The normalized spacial score (nSPS) is 17.0. The number of thioether (sulfide) groups is 1. The molecule has 1 saturated heterocycles. The maximum Gasteiger partial charge on any atom is 0.0236 e. The van der Waals surface area contributed by atoms with Crippen molar-refractivity contribution in [3.63, 3.8) is 0 Å². The molecular weight excluding hydrogens is 252 g/mol. The van der Waals surface area contributed by atoms with Crippen LogP contribution in [-0.2, 0) is 6.54 Å². The van der Waals surface area contributed by atoms with Gasteiger partial charge in [0.2, 0.25) is 0 Å². The predicted molar refractivity (Wildman–Crippen MR) is 84.8 cm³/mol. The summed E-state index contributed by atoms with van der Waals surface area (Å²) in [5, 5.41) is 3.46. The van der Waals surface area contributed by atoms with E-state index >= 15 is 0 Å². The Labute approximate surface area is 122 Å². The van der Waals surface area contributed by atoms with Gasteiger partial charge < -0.3 is 5.32 Å². The molecule has 0 unspecified atom stereocenters. The van der Waals surface area contributed by atoms with Crippen molar-refractivity contribution >= 4 is 11.8 Å². The quantitative estimate of drug-likeness (QED) is 0.803. The summed E-state index contributed by atoms with van der Waals surface area (Å²) in [6.07, 6.45) is 5.96. The van der Waals surface area contributed by atoms with Gasteiger partial charge in [-0.1, -0.05) is 19.1 Å². The smallest absolute Gasteiger partial charge is 0.0236 e. The van der Waals surface area contributed by atoms with E-state index in [1.807, 2.05) is 11.8 Å². The molecule has 0 spiro atoms. The van der Waals surface area contributed by atoms with Crippen LogP contribution in [0.15, 0.2) is 29.2 Å². The summed E-state index contributed by atoms with van der Waals surface area (Å²) in [6.45, 7) is 6.96. The highest BCUT2D eigenvalue weighted by Gasteiger charge is 2.20. The van der Waals surface area contributed by atoms with E-state index < -0.39 is 0 Å². The lowest BCUT2D eigenvalue weighted by atomic mass is 10.0. The Morgan fingerprint density at radius 3 is 2.47 bits per heavy atom. The average molecular weight is 278 g/mol. The van der Waals surface area contributed by atoms with Gasteiger partial charge in [0, 0.05) is 17.5 Å². The minimum atomic E-state index is 0.765. The summed E-state index contributed by atoms with van der Waals surface area (Å²) in [5.41, 5.74) is 1.45. The second-order valence-corrected chi connectivity index (χ2v) is 6.18. The third kappa shape index (κ3) is 4.51. The Kier molecular flexibility index (Phi) is 6.21. The Morgan fingerprint density at radius 1 is 1.21 bits per heavy atom. The van der Waals surface area contributed by atoms with E-state index in [0.29, 0.717) is 0 Å². The molecule has 0 radical (unpaired) electrons. The molecule has 0 amide bonds. The lowest BCUT2D eigenvalue weighted by Gasteiger charge is -2.34. The molecule has 19 heavy (non-hydrogen) atoms. The molecule has 1 aromatic carbocycles. The van der Waals surface area contributed by atoms with Crippen LogP contribution in [0.2, 0.25) is 0 Å². The monoisotopic (exact) mass is 278 g/mol. The van der Waals surface area contributed by atoms with Crippen LogP contribution in [0.25, 0.3) is 0 Å². The fourth-order valence-electron chi connectivity index (χ4n) is 2.82. The Hall–Kier alpha value is -0.510. The Morgan fingerprint density at radius 2 is 1.89 bits per heavy atom. The number of nitrogens with one attached hydrogen (secondary N) is 1. The molecule has 1 aliphatic rings. The number of rotatable bonds is 6. The van der Waals surface area contributed by atoms with E-state index in [4.69, 9.17) is 0 Å². The Bertz CT molecular complexity index is 358. The molecule has 3 heteroatoms. The van der Waals surface area contributed by atoms with E-state index in [1.165, 1.54) is 49.4 Å². The van der Waals surface area contributed by atoms with E-state index in [2.05, 4.69) is 47.7 Å². The highest BCUT2D eigenvalue weighted by molar-refractivity contribution is 7.98. The standard InChI is InChI=1S/C16H26N2S/c1-3-12-18(15-8-10-17-11-9-15)13-14-4-6-16(19-2)7-5-14/h4-7,15,17H,3,8-13H2,1-2H3. The molecule has 106 valence electrons. The van der Waals surface area contributed by atoms with Crippen molar-refractivity contribution in [3.8, 4) is 0 Å². The SMILES string of the molecule is CCCN(Cc1ccc(SC)cc1)C1CCNCC1. The van der Waals surface area contributed by atoms with Gasteiger partial charge in [0.1, 0.15) is 0 Å². The lowest BCUT2D eigenvalue weighted by Crippen LogP contribution is -2.43. The predicted octanol–water partition coefficient (Wildman–Crippen LogP) is 3.37. The molecule has 1 N–H and O–H groups in total. The zero-order valence-electron chi connectivity index (χ0n) is 12.2. The van der Waals surface area contributed by atoms with Crippen LogP contribution in [0.3, 0.4) is 0 Å². The van der Waals surface area contributed by atoms with Crippen LogP contribution < -0.4 is 5.32 Å². The second kappa shape index (κ2) is 7.93. The number of hydrogen-bond acceptors (Lipinski definition) is 3. The first-order chi connectivity index (χ1) is 9.33. The van der Waals surface area contributed by atoms with Crippen molar-refractivity contribution < 1.29 is 0 Å². The number of hydrogen-bond donors (Lipinski definition) is 1. The first-order valence-electron chi connectivity index (χ1n) is 7.41. The first kappa shape index (κ1) is 14.9. The first-order valence-corrected chi connectivity index (χ1v) is 8.63. The van der Waals surface area contributed by atoms with Crippen LogP contribution in [0.1, 0.15) is 31.7 Å². The van der Waals surface area contributed by atoms with Crippen molar-refractivity contribution in [1.29, 1.82) is 0 Å². The van der Waals surface area contributed by atoms with Gasteiger partial charge in [-0.15, -0.1) is 11.8 Å². The number of piperidine rings is 1. The van der Waals surface area contributed by atoms with Crippen molar-refractivity contribution in [3.05, 3.63) is 29.8 Å². The highest BCUT2D eigenvalue weighted by Crippen LogP contribution is 2.19. The summed E-state index contributed by atoms with van der Waals surface area (Å²) in [6, 6.07) is 9.82. The van der Waals surface area contributed by atoms with Crippen LogP contribution in [0.4, 0.5) is 0 Å². The van der Waals surface area contributed by atoms with Crippen LogP contribution in [0, 0.1) is 0 Å². The molecule has 2 rings (SSSR count). The summed E-state index contributed by atoms with van der Waals surface area (Å²) in [4.78, 5) is 4.03. The van der Waals surface area contributed by atoms with Gasteiger partial charge in [0.25, 0.3) is 0 Å². The second-order valence-electron chi connectivity index (χ2n) is 5.30. The molecule has 0 saturated carbocycles. The minimum Gasteiger partial charge on any atom is -0.317 e. The van der Waals surface area contributed by atoms with E-state index in [0.717, 1.165) is 12.6 Å². The third-order valence-corrected chi connectivity index (χ3v) is 4.62. The fourth-order valence-corrected chi connectivity index (χ4v) is 3.22. The van der Waals surface area contributed by atoms with E-state index in [1.54, 1.807) is 0 Å². The lowest BCUT2D eigenvalue weighted by molar-refractivity contribution is 0.154. The van der Waals surface area contributed by atoms with Gasteiger partial charge in [0.05, 0.1) is 0 Å². The largest absolute Gasteiger partial charge is 0.317 e. The van der Waals surface area contributed by atoms with Gasteiger partial charge in [-0.3, -0.25) is 4.90 Å². The van der Waals surface area contributed by atoms with Crippen molar-refractivity contribution in [2.75, 3.05) is 25.9 Å². The summed E-state index contributed by atoms with van der Waals surface area (Å²) in [5.74, 6) is 0. The van der Waals surface area contributed by atoms with Gasteiger partial charge in [0.15, 0.2) is 0 Å². The minimum absolute atomic E-state index is 0.765. The van der Waals surface area contributed by atoms with Crippen LogP contribution in [-0.4, -0.2) is 36.8 Å². The van der Waals surface area contributed by atoms with E-state index in [9.17, 15) is 0 Å². The third-order valence-electron chi connectivity index (χ3n) is 3.88. The number of benzene rings is 1. The van der Waals surface area contributed by atoms with Gasteiger partial charge in [-0.25, -0.2) is 0 Å². The molecule has 0 atom stereocenters. The molecule has 1 heterocycles. The highest BCUT2D eigenvalue weighted by atomic mass is 32.2. The van der Waals surface area contributed by atoms with Crippen LogP contribution >= 0.6 is 11.8 Å². The van der Waals surface area contributed by atoms with Crippen molar-refractivity contribution in [2.24, 2.45) is 0 Å². The van der Waals surface area contributed by atoms with Crippen molar-refractivity contribution in [1.82, 2.24) is 10.2 Å². The maximum absolute atomic E-state index is 3.46. The summed E-state index contributed by atoms with van der Waals surface area (Å²) >= 11 is 1.81.